The topological polar surface area (TPSA) is 82.2 Å². The Kier molecular flexibility index (Phi) is 6.15. The standard InChI is InChI=1S/C21H16BrClN4O3/c22-15-3-7-17(8-4-15)29-12-18-9-10-19(30-18)20(28)25-21-24-13-27(26-21)11-14-1-5-16(23)6-2-14/h1-10,13H,11-12H2,(H,25,26,28). The van der Waals surface area contributed by atoms with Crippen LogP contribution in [0.2, 0.25) is 5.02 Å². The van der Waals surface area contributed by atoms with Crippen molar-refractivity contribution in [1.82, 2.24) is 14.8 Å². The quantitative estimate of drug-likeness (QED) is 0.389. The summed E-state index contributed by atoms with van der Waals surface area (Å²) in [4.78, 5) is 16.5. The van der Waals surface area contributed by atoms with Gasteiger partial charge >= 0.3 is 0 Å². The molecule has 1 N–H and O–H groups in total. The second-order valence-corrected chi connectivity index (χ2v) is 7.71. The Morgan fingerprint density at radius 1 is 1.10 bits per heavy atom. The number of hydrogen-bond acceptors (Lipinski definition) is 5. The molecular weight excluding hydrogens is 472 g/mol. The molecule has 0 bridgehead atoms. The van der Waals surface area contributed by atoms with Crippen molar-refractivity contribution in [3.8, 4) is 5.75 Å². The van der Waals surface area contributed by atoms with E-state index in [0.717, 1.165) is 10.0 Å². The van der Waals surface area contributed by atoms with Crippen LogP contribution in [-0.4, -0.2) is 20.7 Å². The average Bonchev–Trinajstić information content (AvgIpc) is 3.39. The van der Waals surface area contributed by atoms with Crippen LogP contribution in [0.15, 0.2) is 75.9 Å². The lowest BCUT2D eigenvalue weighted by Gasteiger charge is -2.04. The van der Waals surface area contributed by atoms with Gasteiger partial charge in [-0.1, -0.05) is 39.7 Å². The number of rotatable bonds is 7. The largest absolute Gasteiger partial charge is 0.486 e. The van der Waals surface area contributed by atoms with Gasteiger partial charge in [-0.05, 0) is 54.1 Å². The molecule has 4 rings (SSSR count). The lowest BCUT2D eigenvalue weighted by Crippen LogP contribution is -2.12. The highest BCUT2D eigenvalue weighted by Gasteiger charge is 2.14. The van der Waals surface area contributed by atoms with E-state index in [1.165, 1.54) is 0 Å². The third-order valence-corrected chi connectivity index (χ3v) is 4.88. The Balaban J connectivity index is 1.32. The average molecular weight is 488 g/mol. The van der Waals surface area contributed by atoms with Gasteiger partial charge in [0, 0.05) is 9.50 Å². The molecule has 7 nitrogen and oxygen atoms in total. The molecule has 0 radical (unpaired) electrons. The number of nitrogens with one attached hydrogen (secondary N) is 1. The minimum absolute atomic E-state index is 0.151. The molecular formula is C21H16BrClN4O3. The Bertz CT molecular complexity index is 1140. The van der Waals surface area contributed by atoms with E-state index in [0.29, 0.717) is 23.1 Å². The summed E-state index contributed by atoms with van der Waals surface area (Å²) >= 11 is 9.27. The number of furan rings is 1. The van der Waals surface area contributed by atoms with E-state index in [9.17, 15) is 4.79 Å². The molecule has 30 heavy (non-hydrogen) atoms. The first kappa shape index (κ1) is 20.2. The predicted octanol–water partition coefficient (Wildman–Crippen LogP) is 5.17. The number of aromatic nitrogens is 3. The number of hydrogen-bond donors (Lipinski definition) is 1. The van der Waals surface area contributed by atoms with Crippen molar-refractivity contribution in [1.29, 1.82) is 0 Å². The molecule has 0 spiro atoms. The number of benzene rings is 2. The monoisotopic (exact) mass is 486 g/mol. The summed E-state index contributed by atoms with van der Waals surface area (Å²) in [6, 6.07) is 18.2. The maximum absolute atomic E-state index is 12.4. The van der Waals surface area contributed by atoms with Crippen molar-refractivity contribution in [2.45, 2.75) is 13.2 Å². The fourth-order valence-corrected chi connectivity index (χ4v) is 3.02. The lowest BCUT2D eigenvalue weighted by molar-refractivity contribution is 0.0991. The summed E-state index contributed by atoms with van der Waals surface area (Å²) in [6.45, 7) is 0.723. The van der Waals surface area contributed by atoms with Crippen LogP contribution in [0.1, 0.15) is 21.9 Å². The van der Waals surface area contributed by atoms with E-state index in [1.54, 1.807) is 23.1 Å². The van der Waals surface area contributed by atoms with Gasteiger partial charge in [0.1, 0.15) is 24.4 Å². The molecule has 0 atom stereocenters. The predicted molar refractivity (Wildman–Crippen MR) is 116 cm³/mol. The Morgan fingerprint density at radius 3 is 2.63 bits per heavy atom. The van der Waals surface area contributed by atoms with Crippen molar-refractivity contribution in [3.63, 3.8) is 0 Å². The van der Waals surface area contributed by atoms with E-state index in [2.05, 4.69) is 31.3 Å². The normalized spacial score (nSPS) is 10.7. The first-order valence-electron chi connectivity index (χ1n) is 8.97. The number of amides is 1. The summed E-state index contributed by atoms with van der Waals surface area (Å²) in [5.41, 5.74) is 1.02. The van der Waals surface area contributed by atoms with Gasteiger partial charge in [-0.2, -0.15) is 0 Å². The molecule has 152 valence electrons. The first-order chi connectivity index (χ1) is 14.5. The maximum atomic E-state index is 12.4. The van der Waals surface area contributed by atoms with Gasteiger partial charge in [0.2, 0.25) is 5.95 Å². The van der Waals surface area contributed by atoms with Crippen LogP contribution < -0.4 is 10.1 Å². The number of halogens is 2. The molecule has 0 saturated heterocycles. The highest BCUT2D eigenvalue weighted by molar-refractivity contribution is 9.10. The first-order valence-corrected chi connectivity index (χ1v) is 10.1. The van der Waals surface area contributed by atoms with E-state index in [-0.39, 0.29) is 18.3 Å². The lowest BCUT2D eigenvalue weighted by atomic mass is 10.2. The van der Waals surface area contributed by atoms with Crippen LogP contribution >= 0.6 is 27.5 Å². The van der Waals surface area contributed by atoms with Crippen molar-refractivity contribution in [2.24, 2.45) is 0 Å². The zero-order valence-electron chi connectivity index (χ0n) is 15.6. The van der Waals surface area contributed by atoms with E-state index in [1.807, 2.05) is 48.5 Å². The number of carbonyl (C=O) groups excluding carboxylic acids is 1. The maximum Gasteiger partial charge on any atom is 0.293 e. The number of nitrogens with zero attached hydrogens (tertiary/aromatic N) is 3. The molecule has 0 saturated carbocycles. The molecule has 0 unspecified atom stereocenters. The van der Waals surface area contributed by atoms with Crippen LogP contribution in [0.25, 0.3) is 0 Å². The molecule has 2 aromatic carbocycles. The summed E-state index contributed by atoms with van der Waals surface area (Å²) in [5.74, 6) is 1.14. The second-order valence-electron chi connectivity index (χ2n) is 6.35. The molecule has 2 heterocycles. The van der Waals surface area contributed by atoms with Gasteiger partial charge in [0.05, 0.1) is 6.54 Å². The molecule has 0 aliphatic heterocycles. The Labute approximate surface area is 185 Å². The van der Waals surface area contributed by atoms with Crippen molar-refractivity contribution in [2.75, 3.05) is 5.32 Å². The highest BCUT2D eigenvalue weighted by atomic mass is 79.9. The number of anilines is 1. The summed E-state index contributed by atoms with van der Waals surface area (Å²) in [6.07, 6.45) is 1.55. The van der Waals surface area contributed by atoms with Crippen molar-refractivity contribution >= 4 is 39.4 Å². The highest BCUT2D eigenvalue weighted by Crippen LogP contribution is 2.18. The van der Waals surface area contributed by atoms with Gasteiger partial charge in [0.15, 0.2) is 5.76 Å². The van der Waals surface area contributed by atoms with E-state index in [4.69, 9.17) is 20.8 Å². The van der Waals surface area contributed by atoms with Crippen LogP contribution in [0, 0.1) is 0 Å². The smallest absolute Gasteiger partial charge is 0.293 e. The molecule has 4 aromatic rings. The fourth-order valence-electron chi connectivity index (χ4n) is 2.63. The minimum Gasteiger partial charge on any atom is -0.486 e. The second kappa shape index (κ2) is 9.15. The van der Waals surface area contributed by atoms with Crippen molar-refractivity contribution in [3.05, 3.63) is 93.6 Å². The van der Waals surface area contributed by atoms with Crippen LogP contribution in [0.5, 0.6) is 5.75 Å². The molecule has 0 aliphatic carbocycles. The van der Waals surface area contributed by atoms with Gasteiger partial charge in [-0.15, -0.1) is 5.10 Å². The minimum atomic E-state index is -0.436. The van der Waals surface area contributed by atoms with Crippen LogP contribution in [-0.2, 0) is 13.2 Å². The van der Waals surface area contributed by atoms with Gasteiger partial charge < -0.3 is 9.15 Å². The molecule has 0 fully saturated rings. The van der Waals surface area contributed by atoms with Gasteiger partial charge in [-0.3, -0.25) is 10.1 Å². The molecule has 9 heteroatoms. The molecule has 2 aromatic heterocycles. The third-order valence-electron chi connectivity index (χ3n) is 4.10. The summed E-state index contributed by atoms with van der Waals surface area (Å²) in [7, 11) is 0. The summed E-state index contributed by atoms with van der Waals surface area (Å²) < 4.78 is 13.8. The van der Waals surface area contributed by atoms with Crippen LogP contribution in [0.3, 0.4) is 0 Å². The zero-order chi connectivity index (χ0) is 20.9. The number of ether oxygens (including phenoxy) is 1. The third kappa shape index (κ3) is 5.28. The molecule has 1 amide bonds. The Hall–Kier alpha value is -3.10. The van der Waals surface area contributed by atoms with E-state index >= 15 is 0 Å². The molecule has 0 aliphatic rings. The summed E-state index contributed by atoms with van der Waals surface area (Å²) in [5, 5.41) is 7.55. The number of carbonyl (C=O) groups is 1. The fraction of sp³-hybridized carbons (Fsp3) is 0.0952. The Morgan fingerprint density at radius 2 is 1.87 bits per heavy atom. The van der Waals surface area contributed by atoms with Crippen LogP contribution in [0.4, 0.5) is 5.95 Å². The van der Waals surface area contributed by atoms with Gasteiger partial charge in [-0.25, -0.2) is 9.67 Å². The van der Waals surface area contributed by atoms with Crippen molar-refractivity contribution < 1.29 is 13.9 Å². The van der Waals surface area contributed by atoms with E-state index < -0.39 is 5.91 Å². The van der Waals surface area contributed by atoms with Gasteiger partial charge in [0.25, 0.3) is 5.91 Å². The zero-order valence-corrected chi connectivity index (χ0v) is 17.9. The SMILES string of the molecule is O=C(Nc1ncn(Cc2ccc(Cl)cc2)n1)c1ccc(COc2ccc(Br)cc2)o1.